The van der Waals surface area contributed by atoms with Gasteiger partial charge in [0.25, 0.3) is 5.71 Å². The molecule has 0 atom stereocenters. The Bertz CT molecular complexity index is 1010. The molecule has 9 heteroatoms. The normalized spacial score (nSPS) is 16.1. The number of rotatable bonds is 5. The summed E-state index contributed by atoms with van der Waals surface area (Å²) in [6.07, 6.45) is 2.00. The average Bonchev–Trinajstić information content (AvgIpc) is 3.10. The molecular weight excluding hydrogens is 364 g/mol. The number of nitrogens with zero attached hydrogens (tertiary/aromatic N) is 4. The Hall–Kier alpha value is -3.36. The summed E-state index contributed by atoms with van der Waals surface area (Å²) in [5.41, 5.74) is -0.213. The third kappa shape index (κ3) is 2.98. The molecule has 1 saturated heterocycles. The molecule has 2 aromatic heterocycles. The van der Waals surface area contributed by atoms with Gasteiger partial charge in [0, 0.05) is 25.9 Å². The van der Waals surface area contributed by atoms with Crippen LogP contribution in [0.25, 0.3) is 11.1 Å². The fourth-order valence-electron chi connectivity index (χ4n) is 3.50. The van der Waals surface area contributed by atoms with Crippen molar-refractivity contribution in [1.29, 1.82) is 0 Å². The van der Waals surface area contributed by atoms with Crippen molar-refractivity contribution < 1.29 is 23.9 Å². The number of hydrogen-bond donors (Lipinski definition) is 1. The zero-order valence-electron chi connectivity index (χ0n) is 15.6. The molecule has 1 N–H and O–H groups in total. The van der Waals surface area contributed by atoms with Crippen molar-refractivity contribution in [1.82, 2.24) is 15.1 Å². The van der Waals surface area contributed by atoms with Crippen molar-refractivity contribution in [2.24, 2.45) is 0 Å². The number of carboxylic acids is 1. The van der Waals surface area contributed by atoms with E-state index >= 15 is 0 Å². The molecule has 0 aliphatic carbocycles. The summed E-state index contributed by atoms with van der Waals surface area (Å²) < 4.78 is 16.5. The summed E-state index contributed by atoms with van der Waals surface area (Å²) in [5.74, 6) is 0.621. The smallest absolute Gasteiger partial charge is 0.348 e. The first-order valence-corrected chi connectivity index (χ1v) is 8.91. The molecular formula is C19H20N4O5. The van der Waals surface area contributed by atoms with E-state index in [0.717, 1.165) is 5.39 Å². The molecule has 146 valence electrons. The van der Waals surface area contributed by atoms with E-state index < -0.39 is 11.6 Å². The minimum Gasteiger partial charge on any atom is -0.493 e. The SMILES string of the molecule is COc1ccccc1OC1(C(=O)O)CCN(c2ncnc3onc(C)c23)CC1. The predicted molar refractivity (Wildman–Crippen MR) is 99.8 cm³/mol. The second kappa shape index (κ2) is 6.99. The molecule has 1 aliphatic rings. The van der Waals surface area contributed by atoms with Crippen LogP contribution in [0.3, 0.4) is 0 Å². The maximum atomic E-state index is 12.1. The highest BCUT2D eigenvalue weighted by Gasteiger charge is 2.45. The van der Waals surface area contributed by atoms with Crippen LogP contribution in [0, 0.1) is 6.92 Å². The molecule has 0 unspecified atom stereocenters. The first-order valence-electron chi connectivity index (χ1n) is 8.91. The molecule has 0 amide bonds. The van der Waals surface area contributed by atoms with E-state index in [1.54, 1.807) is 18.2 Å². The van der Waals surface area contributed by atoms with Gasteiger partial charge in [0.2, 0.25) is 5.60 Å². The monoisotopic (exact) mass is 384 g/mol. The number of methoxy groups -OCH3 is 1. The Labute approximate surface area is 160 Å². The maximum absolute atomic E-state index is 12.1. The van der Waals surface area contributed by atoms with Crippen molar-refractivity contribution in [3.8, 4) is 11.5 Å². The molecule has 0 radical (unpaired) electrons. The number of para-hydroxylation sites is 2. The van der Waals surface area contributed by atoms with Crippen molar-refractivity contribution in [3.63, 3.8) is 0 Å². The first-order chi connectivity index (χ1) is 13.5. The molecule has 1 aliphatic heterocycles. The lowest BCUT2D eigenvalue weighted by atomic mass is 9.91. The number of anilines is 1. The molecule has 1 fully saturated rings. The summed E-state index contributed by atoms with van der Waals surface area (Å²) in [7, 11) is 1.53. The lowest BCUT2D eigenvalue weighted by molar-refractivity contribution is -0.157. The van der Waals surface area contributed by atoms with Crippen LogP contribution in [-0.2, 0) is 4.79 Å². The molecule has 4 rings (SSSR count). The summed E-state index contributed by atoms with van der Waals surface area (Å²) in [6.45, 7) is 2.74. The van der Waals surface area contributed by atoms with Crippen molar-refractivity contribution in [2.75, 3.05) is 25.1 Å². The highest BCUT2D eigenvalue weighted by Crippen LogP contribution is 2.36. The number of fused-ring (bicyclic) bond motifs is 1. The van der Waals surface area contributed by atoms with Gasteiger partial charge in [0.05, 0.1) is 12.8 Å². The minimum absolute atomic E-state index is 0.288. The molecule has 0 bridgehead atoms. The van der Waals surface area contributed by atoms with Crippen molar-refractivity contribution in [2.45, 2.75) is 25.4 Å². The van der Waals surface area contributed by atoms with Crippen LogP contribution in [0.2, 0.25) is 0 Å². The van der Waals surface area contributed by atoms with Gasteiger partial charge in [-0.15, -0.1) is 0 Å². The van der Waals surface area contributed by atoms with E-state index in [0.29, 0.717) is 41.8 Å². The predicted octanol–water partition coefficient (Wildman–Crippen LogP) is 2.44. The number of ether oxygens (including phenoxy) is 2. The second-order valence-electron chi connectivity index (χ2n) is 6.68. The van der Waals surface area contributed by atoms with Gasteiger partial charge in [-0.3, -0.25) is 0 Å². The van der Waals surface area contributed by atoms with Gasteiger partial charge in [-0.2, -0.15) is 4.98 Å². The highest BCUT2D eigenvalue weighted by molar-refractivity contribution is 5.88. The van der Waals surface area contributed by atoms with E-state index in [-0.39, 0.29) is 12.8 Å². The topological polar surface area (TPSA) is 111 Å². The Morgan fingerprint density at radius 3 is 2.61 bits per heavy atom. The summed E-state index contributed by atoms with van der Waals surface area (Å²) in [5, 5.41) is 14.6. The van der Waals surface area contributed by atoms with Gasteiger partial charge in [-0.1, -0.05) is 17.3 Å². The number of aromatic nitrogens is 3. The zero-order valence-corrected chi connectivity index (χ0v) is 15.6. The quantitative estimate of drug-likeness (QED) is 0.709. The van der Waals surface area contributed by atoms with Crippen LogP contribution in [0.1, 0.15) is 18.5 Å². The third-order valence-corrected chi connectivity index (χ3v) is 5.06. The van der Waals surface area contributed by atoms with E-state index in [1.807, 2.05) is 17.9 Å². The standard InChI is InChI=1S/C19H20N4O5/c1-12-15-16(20-11-21-17(15)28-22-12)23-9-7-19(8-10-23,18(24)25)27-14-6-4-3-5-13(14)26-2/h3-6,11H,7-10H2,1-2H3,(H,24,25). The van der Waals surface area contributed by atoms with Crippen molar-refractivity contribution >= 4 is 22.9 Å². The minimum atomic E-state index is -1.33. The third-order valence-electron chi connectivity index (χ3n) is 5.06. The van der Waals surface area contributed by atoms with Gasteiger partial charge in [-0.25, -0.2) is 9.78 Å². The molecule has 0 saturated carbocycles. The molecule has 0 spiro atoms. The Kier molecular flexibility index (Phi) is 4.50. The largest absolute Gasteiger partial charge is 0.493 e. The number of carbonyl (C=O) groups is 1. The van der Waals surface area contributed by atoms with Gasteiger partial charge in [-0.05, 0) is 19.1 Å². The lowest BCUT2D eigenvalue weighted by Crippen LogP contribution is -2.53. The summed E-state index contributed by atoms with van der Waals surface area (Å²) >= 11 is 0. The highest BCUT2D eigenvalue weighted by atomic mass is 16.5. The zero-order chi connectivity index (χ0) is 19.7. The molecule has 3 aromatic rings. The number of benzene rings is 1. The molecule has 9 nitrogen and oxygen atoms in total. The average molecular weight is 384 g/mol. The van der Waals surface area contributed by atoms with E-state index in [4.69, 9.17) is 14.0 Å². The Balaban J connectivity index is 1.59. The summed E-state index contributed by atoms with van der Waals surface area (Å²) in [4.78, 5) is 22.6. The van der Waals surface area contributed by atoms with Crippen LogP contribution in [0.4, 0.5) is 5.82 Å². The van der Waals surface area contributed by atoms with Crippen molar-refractivity contribution in [3.05, 3.63) is 36.3 Å². The lowest BCUT2D eigenvalue weighted by Gasteiger charge is -2.39. The Morgan fingerprint density at radius 1 is 1.21 bits per heavy atom. The molecule has 3 heterocycles. The van der Waals surface area contributed by atoms with E-state index in [9.17, 15) is 9.90 Å². The van der Waals surface area contributed by atoms with Gasteiger partial charge in [0.1, 0.15) is 17.5 Å². The number of piperidine rings is 1. The van der Waals surface area contributed by atoms with Crippen LogP contribution in [0.5, 0.6) is 11.5 Å². The number of hydrogen-bond acceptors (Lipinski definition) is 8. The van der Waals surface area contributed by atoms with E-state index in [1.165, 1.54) is 13.4 Å². The fraction of sp³-hybridized carbons (Fsp3) is 0.368. The van der Waals surface area contributed by atoms with Crippen LogP contribution >= 0.6 is 0 Å². The number of aryl methyl sites for hydroxylation is 1. The molecule has 28 heavy (non-hydrogen) atoms. The van der Waals surface area contributed by atoms with Crippen LogP contribution in [-0.4, -0.2) is 52.0 Å². The second-order valence-corrected chi connectivity index (χ2v) is 6.68. The first kappa shape index (κ1) is 18.0. The fourth-order valence-corrected chi connectivity index (χ4v) is 3.50. The van der Waals surface area contributed by atoms with Gasteiger partial charge >= 0.3 is 5.97 Å². The van der Waals surface area contributed by atoms with E-state index in [2.05, 4.69) is 15.1 Å². The van der Waals surface area contributed by atoms with Crippen LogP contribution in [0.15, 0.2) is 35.1 Å². The summed E-state index contributed by atoms with van der Waals surface area (Å²) in [6, 6.07) is 7.05. The maximum Gasteiger partial charge on any atom is 0.348 e. The number of carboxylic acid groups (broad SMARTS) is 1. The Morgan fingerprint density at radius 2 is 1.93 bits per heavy atom. The van der Waals surface area contributed by atoms with Crippen LogP contribution < -0.4 is 14.4 Å². The number of aliphatic carboxylic acids is 1. The van der Waals surface area contributed by atoms with Gasteiger partial charge < -0.3 is 24.0 Å². The molecule has 1 aromatic carbocycles. The van der Waals surface area contributed by atoms with Gasteiger partial charge in [0.15, 0.2) is 11.5 Å².